The lowest BCUT2D eigenvalue weighted by molar-refractivity contribution is -0.141. The van der Waals surface area contributed by atoms with Crippen LogP contribution in [0.2, 0.25) is 0 Å². The van der Waals surface area contributed by atoms with Gasteiger partial charge in [0.1, 0.15) is 0 Å². The second-order valence-corrected chi connectivity index (χ2v) is 9.74. The molecule has 2 aromatic rings. The van der Waals surface area contributed by atoms with Gasteiger partial charge in [0.15, 0.2) is 0 Å². The maximum Gasteiger partial charge on any atom is 0.233 e. The SMILES string of the molecule is CS(=O)(=O)N1CCC(C(=O)N2CC(c3nc(-c4cccs4)no3)C2)CC1. The Hall–Kier alpha value is -1.78. The Morgan fingerprint density at radius 3 is 2.65 bits per heavy atom. The zero-order chi connectivity index (χ0) is 18.3. The highest BCUT2D eigenvalue weighted by atomic mass is 32.2. The van der Waals surface area contributed by atoms with Crippen LogP contribution in [0.25, 0.3) is 10.7 Å². The predicted octanol–water partition coefficient (Wildman–Crippen LogP) is 1.40. The van der Waals surface area contributed by atoms with Gasteiger partial charge in [0.2, 0.25) is 27.6 Å². The van der Waals surface area contributed by atoms with E-state index in [0.717, 1.165) is 4.88 Å². The average Bonchev–Trinajstić information content (AvgIpc) is 3.24. The van der Waals surface area contributed by atoms with Crippen molar-refractivity contribution in [3.05, 3.63) is 23.4 Å². The molecule has 0 bridgehead atoms. The summed E-state index contributed by atoms with van der Waals surface area (Å²) in [4.78, 5) is 19.8. The van der Waals surface area contributed by atoms with Gasteiger partial charge in [-0.3, -0.25) is 4.79 Å². The number of amides is 1. The van der Waals surface area contributed by atoms with Gasteiger partial charge >= 0.3 is 0 Å². The predicted molar refractivity (Wildman–Crippen MR) is 96.1 cm³/mol. The number of carbonyl (C=O) groups excluding carboxylic acids is 1. The number of rotatable bonds is 4. The molecule has 0 N–H and O–H groups in total. The zero-order valence-electron chi connectivity index (χ0n) is 14.4. The van der Waals surface area contributed by atoms with E-state index in [1.165, 1.54) is 10.6 Å². The van der Waals surface area contributed by atoms with E-state index in [1.54, 1.807) is 16.2 Å². The minimum Gasteiger partial charge on any atom is -0.341 e. The first-order chi connectivity index (χ1) is 12.4. The number of nitrogens with zero attached hydrogens (tertiary/aromatic N) is 4. The number of hydrogen-bond acceptors (Lipinski definition) is 7. The van der Waals surface area contributed by atoms with E-state index in [4.69, 9.17) is 4.52 Å². The number of aromatic nitrogens is 2. The molecule has 140 valence electrons. The second-order valence-electron chi connectivity index (χ2n) is 6.81. The average molecular weight is 396 g/mol. The number of thiophene rings is 1. The van der Waals surface area contributed by atoms with Crippen molar-refractivity contribution < 1.29 is 17.7 Å². The maximum absolute atomic E-state index is 12.6. The Morgan fingerprint density at radius 1 is 1.31 bits per heavy atom. The van der Waals surface area contributed by atoms with Crippen LogP contribution in [-0.2, 0) is 14.8 Å². The molecular weight excluding hydrogens is 376 g/mol. The molecule has 0 spiro atoms. The van der Waals surface area contributed by atoms with Gasteiger partial charge in [0.05, 0.1) is 17.1 Å². The van der Waals surface area contributed by atoms with Crippen molar-refractivity contribution in [2.24, 2.45) is 5.92 Å². The van der Waals surface area contributed by atoms with Gasteiger partial charge in [-0.2, -0.15) is 4.98 Å². The molecule has 8 nitrogen and oxygen atoms in total. The fourth-order valence-corrected chi connectivity index (χ4v) is 4.94. The van der Waals surface area contributed by atoms with Crippen LogP contribution in [0.1, 0.15) is 24.7 Å². The van der Waals surface area contributed by atoms with Gasteiger partial charge in [-0.25, -0.2) is 12.7 Å². The minimum absolute atomic E-state index is 0.0799. The van der Waals surface area contributed by atoms with E-state index in [1.807, 2.05) is 17.5 Å². The number of sulfonamides is 1. The molecule has 2 aliphatic rings. The van der Waals surface area contributed by atoms with Gasteiger partial charge < -0.3 is 9.42 Å². The molecule has 0 saturated carbocycles. The molecule has 0 unspecified atom stereocenters. The molecule has 2 saturated heterocycles. The van der Waals surface area contributed by atoms with Gasteiger partial charge in [-0.05, 0) is 24.3 Å². The van der Waals surface area contributed by atoms with Crippen LogP contribution in [0, 0.1) is 5.92 Å². The van der Waals surface area contributed by atoms with Crippen molar-refractivity contribution >= 4 is 27.3 Å². The van der Waals surface area contributed by atoms with Crippen LogP contribution in [-0.4, -0.2) is 66.1 Å². The number of likely N-dealkylation sites (tertiary alicyclic amines) is 1. The van der Waals surface area contributed by atoms with E-state index < -0.39 is 10.0 Å². The minimum atomic E-state index is -3.17. The van der Waals surface area contributed by atoms with E-state index >= 15 is 0 Å². The number of carbonyl (C=O) groups is 1. The van der Waals surface area contributed by atoms with Crippen LogP contribution in [0.4, 0.5) is 0 Å². The summed E-state index contributed by atoms with van der Waals surface area (Å²) in [6, 6.07) is 3.88. The molecule has 0 atom stereocenters. The Bertz CT molecular complexity index is 879. The molecule has 2 fully saturated rings. The molecule has 0 aromatic carbocycles. The van der Waals surface area contributed by atoms with Crippen molar-refractivity contribution in [3.8, 4) is 10.7 Å². The summed E-state index contributed by atoms with van der Waals surface area (Å²) < 4.78 is 29.9. The van der Waals surface area contributed by atoms with E-state index in [0.29, 0.717) is 50.7 Å². The van der Waals surface area contributed by atoms with Crippen molar-refractivity contribution in [2.45, 2.75) is 18.8 Å². The first-order valence-corrected chi connectivity index (χ1v) is 11.3. The Morgan fingerprint density at radius 2 is 2.04 bits per heavy atom. The summed E-state index contributed by atoms with van der Waals surface area (Å²) in [7, 11) is -3.17. The van der Waals surface area contributed by atoms with E-state index in [9.17, 15) is 13.2 Å². The topological polar surface area (TPSA) is 96.6 Å². The molecule has 0 radical (unpaired) electrons. The molecule has 4 rings (SSSR count). The summed E-state index contributed by atoms with van der Waals surface area (Å²) in [5.41, 5.74) is 0. The Labute approximate surface area is 155 Å². The van der Waals surface area contributed by atoms with Crippen molar-refractivity contribution in [1.82, 2.24) is 19.3 Å². The molecular formula is C16H20N4O4S2. The first kappa shape index (κ1) is 17.6. The zero-order valence-corrected chi connectivity index (χ0v) is 16.0. The van der Waals surface area contributed by atoms with Crippen LogP contribution in [0.15, 0.2) is 22.0 Å². The third-order valence-corrected chi connectivity index (χ3v) is 7.17. The molecule has 2 aliphatic heterocycles. The third-order valence-electron chi connectivity index (χ3n) is 5.00. The molecule has 2 aromatic heterocycles. The van der Waals surface area contributed by atoms with Crippen molar-refractivity contribution in [1.29, 1.82) is 0 Å². The summed E-state index contributed by atoms with van der Waals surface area (Å²) >= 11 is 1.56. The Kier molecular flexibility index (Phi) is 4.57. The largest absolute Gasteiger partial charge is 0.341 e. The van der Waals surface area contributed by atoms with Crippen LogP contribution < -0.4 is 0 Å². The van der Waals surface area contributed by atoms with Gasteiger partial charge in [0, 0.05) is 32.1 Å². The highest BCUT2D eigenvalue weighted by molar-refractivity contribution is 7.88. The fourth-order valence-electron chi connectivity index (χ4n) is 3.41. The van der Waals surface area contributed by atoms with Crippen LogP contribution in [0.3, 0.4) is 0 Å². The number of piperidine rings is 1. The maximum atomic E-state index is 12.6. The lowest BCUT2D eigenvalue weighted by atomic mass is 9.92. The molecule has 1 amide bonds. The summed E-state index contributed by atoms with van der Waals surface area (Å²) in [6.07, 6.45) is 2.37. The van der Waals surface area contributed by atoms with Crippen molar-refractivity contribution in [3.63, 3.8) is 0 Å². The standard InChI is InChI=1S/C16H20N4O4S2/c1-26(22,23)20-6-4-11(5-7-20)16(21)19-9-12(10-19)15-17-14(18-24-15)13-3-2-8-25-13/h2-3,8,11-12H,4-7,9-10H2,1H3. The molecule has 0 aliphatic carbocycles. The lowest BCUT2D eigenvalue weighted by Crippen LogP contribution is -2.52. The third kappa shape index (κ3) is 3.40. The summed E-state index contributed by atoms with van der Waals surface area (Å²) in [5, 5.41) is 5.97. The van der Waals surface area contributed by atoms with Gasteiger partial charge in [-0.1, -0.05) is 11.2 Å². The molecule has 26 heavy (non-hydrogen) atoms. The second kappa shape index (κ2) is 6.75. The summed E-state index contributed by atoms with van der Waals surface area (Å²) in [6.45, 7) is 2.00. The quantitative estimate of drug-likeness (QED) is 0.775. The summed E-state index contributed by atoms with van der Waals surface area (Å²) in [5.74, 6) is 1.25. The Balaban J connectivity index is 1.30. The van der Waals surface area contributed by atoms with Crippen LogP contribution >= 0.6 is 11.3 Å². The monoisotopic (exact) mass is 396 g/mol. The fraction of sp³-hybridized carbons (Fsp3) is 0.562. The smallest absolute Gasteiger partial charge is 0.233 e. The van der Waals surface area contributed by atoms with E-state index in [-0.39, 0.29) is 17.7 Å². The van der Waals surface area contributed by atoms with Gasteiger partial charge in [0.25, 0.3) is 0 Å². The van der Waals surface area contributed by atoms with Crippen LogP contribution in [0.5, 0.6) is 0 Å². The molecule has 4 heterocycles. The number of hydrogen-bond donors (Lipinski definition) is 0. The first-order valence-electron chi connectivity index (χ1n) is 8.53. The normalized spacial score (nSPS) is 20.3. The van der Waals surface area contributed by atoms with Gasteiger partial charge in [-0.15, -0.1) is 11.3 Å². The lowest BCUT2D eigenvalue weighted by Gasteiger charge is -2.40. The van der Waals surface area contributed by atoms with E-state index in [2.05, 4.69) is 10.1 Å². The highest BCUT2D eigenvalue weighted by Gasteiger charge is 2.39. The highest BCUT2D eigenvalue weighted by Crippen LogP contribution is 2.31. The van der Waals surface area contributed by atoms with Crippen molar-refractivity contribution in [2.75, 3.05) is 32.4 Å². The molecule has 10 heteroatoms.